The molecule has 2 heterocycles. The topological polar surface area (TPSA) is 51.4 Å². The number of aromatic nitrogens is 1. The number of hydrogen-bond donors (Lipinski definition) is 1. The van der Waals surface area contributed by atoms with Crippen molar-refractivity contribution in [3.8, 4) is 0 Å². The first-order valence-corrected chi connectivity index (χ1v) is 6.41. The van der Waals surface area contributed by atoms with Gasteiger partial charge < -0.3 is 10.5 Å². The predicted octanol–water partition coefficient (Wildman–Crippen LogP) is 1.49. The number of nitrogens with two attached hydrogens (primary N) is 1. The van der Waals surface area contributed by atoms with Crippen LogP contribution in [0.1, 0.15) is 16.8 Å². The lowest BCUT2D eigenvalue weighted by Crippen LogP contribution is -2.28. The monoisotopic (exact) mass is 277 g/mol. The molecule has 4 nitrogen and oxygen atoms in total. The fourth-order valence-electron chi connectivity index (χ4n) is 2.05. The van der Waals surface area contributed by atoms with Gasteiger partial charge in [-0.1, -0.05) is 6.92 Å². The molecular weight excluding hydrogens is 258 g/mol. The van der Waals surface area contributed by atoms with Crippen LogP contribution >= 0.6 is 23.7 Å². The van der Waals surface area contributed by atoms with E-state index in [4.69, 9.17) is 10.5 Å². The Labute approximate surface area is 113 Å². The van der Waals surface area contributed by atoms with Gasteiger partial charge in [-0.2, -0.15) is 0 Å². The maximum absolute atomic E-state index is 6.00. The van der Waals surface area contributed by atoms with Crippen LogP contribution < -0.4 is 5.73 Å². The maximum atomic E-state index is 6.00. The van der Waals surface area contributed by atoms with Crippen LogP contribution in [-0.2, 0) is 17.9 Å². The molecule has 2 atom stereocenters. The molecule has 17 heavy (non-hydrogen) atoms. The summed E-state index contributed by atoms with van der Waals surface area (Å²) < 4.78 is 5.08. The fraction of sp³-hybridized carbons (Fsp3) is 0.727. The zero-order valence-electron chi connectivity index (χ0n) is 10.3. The smallest absolute Gasteiger partial charge is 0.107 e. The molecule has 1 aromatic rings. The van der Waals surface area contributed by atoms with Crippen molar-refractivity contribution in [2.45, 2.75) is 26.1 Å². The molecule has 6 heteroatoms. The molecule has 0 amide bonds. The number of nitrogens with zero attached hydrogens (tertiary/aromatic N) is 2. The average molecular weight is 278 g/mol. The first-order valence-electron chi connectivity index (χ1n) is 5.59. The van der Waals surface area contributed by atoms with Gasteiger partial charge in [-0.3, -0.25) is 4.90 Å². The summed E-state index contributed by atoms with van der Waals surface area (Å²) in [6, 6.07) is 0.318. The van der Waals surface area contributed by atoms with Crippen LogP contribution in [0.2, 0.25) is 0 Å². The lowest BCUT2D eigenvalue weighted by Gasteiger charge is -2.12. The second kappa shape index (κ2) is 6.66. The minimum atomic E-state index is 0. The predicted molar refractivity (Wildman–Crippen MR) is 72.5 cm³/mol. The van der Waals surface area contributed by atoms with Gasteiger partial charge in [-0.05, 0) is 5.92 Å². The van der Waals surface area contributed by atoms with Crippen LogP contribution in [-0.4, -0.2) is 36.1 Å². The minimum Gasteiger partial charge on any atom is -0.379 e. The molecule has 1 saturated heterocycles. The molecule has 1 aliphatic heterocycles. The number of methoxy groups -OCH3 is 1. The highest BCUT2D eigenvalue weighted by atomic mass is 35.5. The summed E-state index contributed by atoms with van der Waals surface area (Å²) in [5.41, 5.74) is 6.00. The Morgan fingerprint density at radius 2 is 2.35 bits per heavy atom. The normalized spacial score (nSPS) is 24.9. The highest BCUT2D eigenvalue weighted by Crippen LogP contribution is 2.20. The Morgan fingerprint density at radius 1 is 1.59 bits per heavy atom. The third kappa shape index (κ3) is 3.89. The van der Waals surface area contributed by atoms with E-state index in [0.29, 0.717) is 18.6 Å². The molecule has 1 aromatic heterocycles. The molecule has 0 aromatic carbocycles. The van der Waals surface area contributed by atoms with Gasteiger partial charge in [0.1, 0.15) is 5.01 Å². The number of rotatable bonds is 4. The molecule has 1 aliphatic rings. The van der Waals surface area contributed by atoms with E-state index in [1.54, 1.807) is 18.4 Å². The largest absolute Gasteiger partial charge is 0.379 e. The van der Waals surface area contributed by atoms with E-state index in [1.165, 1.54) is 4.88 Å². The van der Waals surface area contributed by atoms with Crippen molar-refractivity contribution in [3.05, 3.63) is 16.1 Å². The Hall–Kier alpha value is -0.200. The summed E-state index contributed by atoms with van der Waals surface area (Å²) >= 11 is 1.73. The average Bonchev–Trinajstić information content (AvgIpc) is 2.77. The number of thiazole rings is 1. The van der Waals surface area contributed by atoms with E-state index in [1.807, 2.05) is 6.20 Å². The molecular formula is C11H20ClN3OS. The first-order chi connectivity index (χ1) is 7.69. The van der Waals surface area contributed by atoms with E-state index >= 15 is 0 Å². The Bertz CT molecular complexity index is 337. The highest BCUT2D eigenvalue weighted by molar-refractivity contribution is 7.11. The van der Waals surface area contributed by atoms with Crippen molar-refractivity contribution in [1.29, 1.82) is 0 Å². The third-order valence-corrected chi connectivity index (χ3v) is 3.95. The molecule has 0 radical (unpaired) electrons. The summed E-state index contributed by atoms with van der Waals surface area (Å²) in [4.78, 5) is 7.97. The second-order valence-corrected chi connectivity index (χ2v) is 5.69. The SMILES string of the molecule is COCc1cnc(CN2CC(C)C(N)C2)s1.Cl. The second-order valence-electron chi connectivity index (χ2n) is 4.49. The molecule has 0 aliphatic carbocycles. The quantitative estimate of drug-likeness (QED) is 0.906. The minimum absolute atomic E-state index is 0. The van der Waals surface area contributed by atoms with Gasteiger partial charge in [0, 0.05) is 32.4 Å². The van der Waals surface area contributed by atoms with Gasteiger partial charge in [-0.15, -0.1) is 23.7 Å². The molecule has 1 fully saturated rings. The lowest BCUT2D eigenvalue weighted by atomic mass is 10.1. The summed E-state index contributed by atoms with van der Waals surface area (Å²) in [5.74, 6) is 0.596. The number of likely N-dealkylation sites (tertiary alicyclic amines) is 1. The van der Waals surface area contributed by atoms with Crippen molar-refractivity contribution in [3.63, 3.8) is 0 Å². The summed E-state index contributed by atoms with van der Waals surface area (Å²) in [7, 11) is 1.71. The summed E-state index contributed by atoms with van der Waals surface area (Å²) in [6.07, 6.45) is 1.91. The van der Waals surface area contributed by atoms with Gasteiger partial charge in [0.25, 0.3) is 0 Å². The number of ether oxygens (including phenoxy) is 1. The van der Waals surface area contributed by atoms with Crippen molar-refractivity contribution < 1.29 is 4.74 Å². The van der Waals surface area contributed by atoms with Crippen LogP contribution in [0.3, 0.4) is 0 Å². The molecule has 2 unspecified atom stereocenters. The maximum Gasteiger partial charge on any atom is 0.107 e. The fourth-order valence-corrected chi connectivity index (χ4v) is 2.98. The molecule has 2 N–H and O–H groups in total. The highest BCUT2D eigenvalue weighted by Gasteiger charge is 2.26. The van der Waals surface area contributed by atoms with Gasteiger partial charge in [-0.25, -0.2) is 4.98 Å². The van der Waals surface area contributed by atoms with Crippen LogP contribution in [0, 0.1) is 5.92 Å². The Balaban J connectivity index is 0.00000144. The first kappa shape index (κ1) is 14.9. The van der Waals surface area contributed by atoms with Crippen LogP contribution in [0.5, 0.6) is 0 Å². The van der Waals surface area contributed by atoms with E-state index in [0.717, 1.165) is 24.6 Å². The standard InChI is InChI=1S/C11H19N3OS.ClH/c1-8-4-14(5-10(8)12)6-11-13-3-9(16-11)7-15-2;/h3,8,10H,4-7,12H2,1-2H3;1H. The van der Waals surface area contributed by atoms with Gasteiger partial charge in [0.15, 0.2) is 0 Å². The third-order valence-electron chi connectivity index (χ3n) is 2.99. The molecule has 2 rings (SSSR count). The van der Waals surface area contributed by atoms with Crippen LogP contribution in [0.25, 0.3) is 0 Å². The molecule has 0 saturated carbocycles. The van der Waals surface area contributed by atoms with Crippen molar-refractivity contribution in [2.75, 3.05) is 20.2 Å². The number of halogens is 1. The van der Waals surface area contributed by atoms with Crippen LogP contribution in [0.4, 0.5) is 0 Å². The van der Waals surface area contributed by atoms with E-state index in [9.17, 15) is 0 Å². The van der Waals surface area contributed by atoms with Crippen molar-refractivity contribution in [2.24, 2.45) is 11.7 Å². The number of hydrogen-bond acceptors (Lipinski definition) is 5. The Kier molecular flexibility index (Phi) is 5.82. The zero-order valence-corrected chi connectivity index (χ0v) is 11.9. The molecule has 98 valence electrons. The van der Waals surface area contributed by atoms with E-state index in [2.05, 4.69) is 16.8 Å². The van der Waals surface area contributed by atoms with E-state index < -0.39 is 0 Å². The molecule has 0 bridgehead atoms. The molecule has 0 spiro atoms. The van der Waals surface area contributed by atoms with Crippen molar-refractivity contribution in [1.82, 2.24) is 9.88 Å². The van der Waals surface area contributed by atoms with Crippen LogP contribution in [0.15, 0.2) is 6.20 Å². The van der Waals surface area contributed by atoms with Gasteiger partial charge in [0.05, 0.1) is 18.0 Å². The van der Waals surface area contributed by atoms with Gasteiger partial charge in [0.2, 0.25) is 0 Å². The zero-order chi connectivity index (χ0) is 11.5. The lowest BCUT2D eigenvalue weighted by molar-refractivity contribution is 0.187. The van der Waals surface area contributed by atoms with Crippen molar-refractivity contribution >= 4 is 23.7 Å². The van der Waals surface area contributed by atoms with E-state index in [-0.39, 0.29) is 12.4 Å². The van der Waals surface area contributed by atoms with Gasteiger partial charge >= 0.3 is 0 Å². The summed E-state index contributed by atoms with van der Waals surface area (Å²) in [6.45, 7) is 5.86. The Morgan fingerprint density at radius 3 is 2.94 bits per heavy atom. The summed E-state index contributed by atoms with van der Waals surface area (Å²) in [5, 5.41) is 1.16.